The van der Waals surface area contributed by atoms with Gasteiger partial charge in [0.2, 0.25) is 0 Å². The van der Waals surface area contributed by atoms with Gasteiger partial charge in [0.1, 0.15) is 5.75 Å². The van der Waals surface area contributed by atoms with Gasteiger partial charge in [-0.3, -0.25) is 9.11 Å². The summed E-state index contributed by atoms with van der Waals surface area (Å²) < 4.78 is 11.2. The van der Waals surface area contributed by atoms with Crippen molar-refractivity contribution in [2.75, 3.05) is 24.6 Å². The number of hydrogen-bond donors (Lipinski definition) is 1. The van der Waals surface area contributed by atoms with Crippen LogP contribution in [0.25, 0.3) is 0 Å². The molecule has 0 saturated carbocycles. The van der Waals surface area contributed by atoms with Gasteiger partial charge in [0.05, 0.1) is 0 Å². The van der Waals surface area contributed by atoms with Gasteiger partial charge in [0.15, 0.2) is 0 Å². The molecule has 0 atom stereocenters. The monoisotopic (exact) mass is 239 g/mol. The quantitative estimate of drug-likeness (QED) is 0.845. The number of nitrogens with zero attached hydrogens (tertiary/aromatic N) is 1. The summed E-state index contributed by atoms with van der Waals surface area (Å²) in [6, 6.07) is 5.82. The maximum atomic E-state index is 11.2. The number of phenolic OH excluding ortho intramolecular Hbond substituents is 1. The number of aromatic hydroxyl groups is 1. The van der Waals surface area contributed by atoms with Crippen LogP contribution in [0.1, 0.15) is 11.1 Å². The van der Waals surface area contributed by atoms with Crippen LogP contribution in [0.15, 0.2) is 18.2 Å². The van der Waals surface area contributed by atoms with Gasteiger partial charge in [-0.2, -0.15) is 0 Å². The molecule has 1 aliphatic rings. The van der Waals surface area contributed by atoms with Gasteiger partial charge in [-0.25, -0.2) is 0 Å². The number of benzene rings is 1. The summed E-state index contributed by atoms with van der Waals surface area (Å²) in [4.78, 5) is 2.25. The van der Waals surface area contributed by atoms with Crippen LogP contribution in [0, 0.1) is 6.92 Å². The number of rotatable bonds is 2. The zero-order chi connectivity index (χ0) is 11.5. The lowest BCUT2D eigenvalue weighted by atomic mass is 10.1. The van der Waals surface area contributed by atoms with Crippen LogP contribution in [0.3, 0.4) is 0 Å². The summed E-state index contributed by atoms with van der Waals surface area (Å²) in [6.45, 7) is 4.38. The molecule has 1 saturated heterocycles. The third-order valence-corrected chi connectivity index (χ3v) is 4.26. The molecule has 0 amide bonds. The summed E-state index contributed by atoms with van der Waals surface area (Å²) in [5.41, 5.74) is 1.88. The van der Waals surface area contributed by atoms with Gasteiger partial charge in [0, 0.05) is 47.5 Å². The second-order valence-electron chi connectivity index (χ2n) is 4.21. The molecule has 1 fully saturated rings. The summed E-state index contributed by atoms with van der Waals surface area (Å²) in [5.74, 6) is 1.91. The molecule has 1 heterocycles. The first kappa shape index (κ1) is 11.6. The van der Waals surface area contributed by atoms with Crippen LogP contribution in [-0.2, 0) is 17.3 Å². The molecule has 0 unspecified atom stereocenters. The molecule has 0 radical (unpaired) electrons. The first-order chi connectivity index (χ1) is 7.66. The minimum absolute atomic E-state index is 0.397. The van der Waals surface area contributed by atoms with E-state index in [0.29, 0.717) is 5.75 Å². The lowest BCUT2D eigenvalue weighted by Crippen LogP contribution is -2.37. The Hall–Kier alpha value is -0.870. The fourth-order valence-corrected chi connectivity index (χ4v) is 3.05. The van der Waals surface area contributed by atoms with Crippen LogP contribution in [0.2, 0.25) is 0 Å². The molecule has 1 aromatic rings. The highest BCUT2D eigenvalue weighted by atomic mass is 32.2. The van der Waals surface area contributed by atoms with E-state index in [-0.39, 0.29) is 0 Å². The van der Waals surface area contributed by atoms with Crippen molar-refractivity contribution in [1.82, 2.24) is 4.90 Å². The van der Waals surface area contributed by atoms with E-state index >= 15 is 0 Å². The predicted octanol–water partition coefficient (Wildman–Crippen LogP) is 1.26. The second-order valence-corrected chi connectivity index (χ2v) is 5.90. The Morgan fingerprint density at radius 1 is 1.38 bits per heavy atom. The molecule has 1 aliphatic heterocycles. The van der Waals surface area contributed by atoms with Crippen LogP contribution in [0.5, 0.6) is 5.75 Å². The van der Waals surface area contributed by atoms with E-state index in [1.807, 2.05) is 25.1 Å². The van der Waals surface area contributed by atoms with Gasteiger partial charge in [-0.1, -0.05) is 18.2 Å². The third-order valence-electron chi connectivity index (χ3n) is 2.99. The Labute approximate surface area is 98.5 Å². The molecular formula is C12H17NO2S. The lowest BCUT2D eigenvalue weighted by Gasteiger charge is -2.26. The van der Waals surface area contributed by atoms with Crippen LogP contribution >= 0.6 is 0 Å². The largest absolute Gasteiger partial charge is 0.507 e. The molecule has 3 nitrogen and oxygen atoms in total. The van der Waals surface area contributed by atoms with Crippen LogP contribution in [-0.4, -0.2) is 38.8 Å². The Morgan fingerprint density at radius 2 is 2.06 bits per heavy atom. The molecule has 0 bridgehead atoms. The molecule has 16 heavy (non-hydrogen) atoms. The fraction of sp³-hybridized carbons (Fsp3) is 0.500. The van der Waals surface area contributed by atoms with Gasteiger partial charge in [0.25, 0.3) is 0 Å². The Balaban J connectivity index is 2.04. The molecule has 1 aromatic carbocycles. The molecule has 2 rings (SSSR count). The highest BCUT2D eigenvalue weighted by Gasteiger charge is 2.16. The topological polar surface area (TPSA) is 40.5 Å². The SMILES string of the molecule is Cc1cccc(CN2CCS(=O)CC2)c1O. The molecule has 0 aromatic heterocycles. The van der Waals surface area contributed by atoms with E-state index in [2.05, 4.69) is 4.90 Å². The van der Waals surface area contributed by atoms with E-state index in [1.54, 1.807) is 0 Å². The van der Waals surface area contributed by atoms with Crippen molar-refractivity contribution in [3.63, 3.8) is 0 Å². The molecule has 1 N–H and O–H groups in total. The van der Waals surface area contributed by atoms with Crippen molar-refractivity contribution in [1.29, 1.82) is 0 Å². The molecule has 88 valence electrons. The normalized spacial score (nSPS) is 18.8. The number of aryl methyl sites for hydroxylation is 1. The van der Waals surface area contributed by atoms with Gasteiger partial charge in [-0.15, -0.1) is 0 Å². The minimum atomic E-state index is -0.633. The highest BCUT2D eigenvalue weighted by molar-refractivity contribution is 7.85. The predicted molar refractivity (Wildman–Crippen MR) is 66.0 cm³/mol. The summed E-state index contributed by atoms with van der Waals surface area (Å²) in [7, 11) is -0.633. The van der Waals surface area contributed by atoms with Crippen molar-refractivity contribution >= 4 is 10.8 Å². The zero-order valence-electron chi connectivity index (χ0n) is 9.48. The Bertz CT molecular complexity index is 396. The minimum Gasteiger partial charge on any atom is -0.507 e. The average Bonchev–Trinajstić information content (AvgIpc) is 2.28. The summed E-state index contributed by atoms with van der Waals surface area (Å²) in [6.07, 6.45) is 0. The number of hydrogen-bond acceptors (Lipinski definition) is 3. The third kappa shape index (κ3) is 2.62. The first-order valence-corrected chi connectivity index (χ1v) is 7.00. The smallest absolute Gasteiger partial charge is 0.122 e. The lowest BCUT2D eigenvalue weighted by molar-refractivity contribution is 0.286. The molecule has 4 heteroatoms. The van der Waals surface area contributed by atoms with Crippen LogP contribution in [0.4, 0.5) is 0 Å². The average molecular weight is 239 g/mol. The maximum absolute atomic E-state index is 11.2. The molecule has 0 aliphatic carbocycles. The highest BCUT2D eigenvalue weighted by Crippen LogP contribution is 2.23. The van der Waals surface area contributed by atoms with E-state index in [9.17, 15) is 9.32 Å². The standard InChI is InChI=1S/C12H17NO2S/c1-10-3-2-4-11(12(10)14)9-13-5-7-16(15)8-6-13/h2-4,14H,5-9H2,1H3. The van der Waals surface area contributed by atoms with Gasteiger partial charge in [-0.05, 0) is 12.5 Å². The Kier molecular flexibility index (Phi) is 3.61. The summed E-state index contributed by atoms with van der Waals surface area (Å²) in [5, 5.41) is 9.89. The first-order valence-electron chi connectivity index (χ1n) is 5.51. The number of para-hydroxylation sites is 1. The van der Waals surface area contributed by atoms with E-state index in [4.69, 9.17) is 0 Å². The number of phenols is 1. The van der Waals surface area contributed by atoms with E-state index < -0.39 is 10.8 Å². The second kappa shape index (κ2) is 4.97. The summed E-state index contributed by atoms with van der Waals surface area (Å²) >= 11 is 0. The van der Waals surface area contributed by atoms with Crippen molar-refractivity contribution in [3.05, 3.63) is 29.3 Å². The zero-order valence-corrected chi connectivity index (χ0v) is 10.3. The van der Waals surface area contributed by atoms with Crippen molar-refractivity contribution in [3.8, 4) is 5.75 Å². The van der Waals surface area contributed by atoms with Gasteiger partial charge < -0.3 is 5.11 Å². The van der Waals surface area contributed by atoms with E-state index in [1.165, 1.54) is 0 Å². The molecule has 0 spiro atoms. The van der Waals surface area contributed by atoms with Crippen molar-refractivity contribution in [2.24, 2.45) is 0 Å². The maximum Gasteiger partial charge on any atom is 0.122 e. The Morgan fingerprint density at radius 3 is 2.75 bits per heavy atom. The fourth-order valence-electron chi connectivity index (χ4n) is 1.92. The molecular weight excluding hydrogens is 222 g/mol. The van der Waals surface area contributed by atoms with E-state index in [0.717, 1.165) is 42.3 Å². The van der Waals surface area contributed by atoms with Crippen LogP contribution < -0.4 is 0 Å². The van der Waals surface area contributed by atoms with Crippen molar-refractivity contribution in [2.45, 2.75) is 13.5 Å². The van der Waals surface area contributed by atoms with Crippen molar-refractivity contribution < 1.29 is 9.32 Å². The van der Waals surface area contributed by atoms with Gasteiger partial charge >= 0.3 is 0 Å².